The Morgan fingerprint density at radius 3 is 2.46 bits per heavy atom. The number of hydrogen-bond acceptors (Lipinski definition) is 6. The molecule has 2 atom stereocenters. The Balaban J connectivity index is 1.35. The van der Waals surface area contributed by atoms with Gasteiger partial charge in [-0.3, -0.25) is 9.59 Å². The quantitative estimate of drug-likeness (QED) is 0.329. The van der Waals surface area contributed by atoms with Gasteiger partial charge in [-0.15, -0.1) is 11.8 Å². The second kappa shape index (κ2) is 14.1. The normalized spacial score (nSPS) is 19.1. The van der Waals surface area contributed by atoms with Crippen molar-refractivity contribution >= 4 is 35.3 Å². The van der Waals surface area contributed by atoms with Crippen LogP contribution in [0.2, 0.25) is 0 Å². The van der Waals surface area contributed by atoms with E-state index >= 15 is 0 Å². The van der Waals surface area contributed by atoms with Crippen LogP contribution in [0.4, 0.5) is 23.7 Å². The van der Waals surface area contributed by atoms with Crippen molar-refractivity contribution < 1.29 is 32.3 Å². The van der Waals surface area contributed by atoms with Crippen molar-refractivity contribution in [2.75, 3.05) is 44.4 Å². The number of carbonyl (C=O) groups is 3. The number of carbonyl (C=O) groups excluding carboxylic acids is 3. The van der Waals surface area contributed by atoms with E-state index in [-0.39, 0.29) is 29.9 Å². The molecule has 0 bridgehead atoms. The van der Waals surface area contributed by atoms with Crippen molar-refractivity contribution in [3.8, 4) is 0 Å². The van der Waals surface area contributed by atoms with Crippen LogP contribution in [0.3, 0.4) is 0 Å². The van der Waals surface area contributed by atoms with Crippen LogP contribution in [0.5, 0.6) is 0 Å². The number of thioether (sulfide) groups is 1. The van der Waals surface area contributed by atoms with Crippen molar-refractivity contribution in [3.63, 3.8) is 0 Å². The molecule has 0 radical (unpaired) electrons. The van der Waals surface area contributed by atoms with Gasteiger partial charge in [0.1, 0.15) is 0 Å². The van der Waals surface area contributed by atoms with E-state index < -0.39 is 36.1 Å². The van der Waals surface area contributed by atoms with Gasteiger partial charge < -0.3 is 30.9 Å². The minimum atomic E-state index is -4.69. The molecule has 2 aromatic carbocycles. The van der Waals surface area contributed by atoms with Crippen LogP contribution < -0.4 is 21.3 Å². The van der Waals surface area contributed by atoms with E-state index in [0.717, 1.165) is 30.5 Å². The van der Waals surface area contributed by atoms with Crippen LogP contribution in [0.15, 0.2) is 47.4 Å². The molecule has 2 unspecified atom stereocenters. The Morgan fingerprint density at radius 1 is 1.05 bits per heavy atom. The summed E-state index contributed by atoms with van der Waals surface area (Å²) in [7, 11) is 0. The monoisotopic (exact) mass is 593 g/mol. The number of rotatable bonds is 9. The van der Waals surface area contributed by atoms with Crippen molar-refractivity contribution in [3.05, 3.63) is 59.2 Å². The number of urea groups is 1. The Bertz CT molecular complexity index is 1220. The van der Waals surface area contributed by atoms with E-state index in [0.29, 0.717) is 38.7 Å². The van der Waals surface area contributed by atoms with E-state index in [1.807, 2.05) is 30.5 Å². The molecule has 9 nitrogen and oxygen atoms in total. The summed E-state index contributed by atoms with van der Waals surface area (Å²) < 4.78 is 45.7. The second-order valence-corrected chi connectivity index (χ2v) is 10.8. The van der Waals surface area contributed by atoms with Crippen molar-refractivity contribution in [1.82, 2.24) is 20.9 Å². The van der Waals surface area contributed by atoms with Gasteiger partial charge in [0.25, 0.3) is 5.91 Å². The topological polar surface area (TPSA) is 112 Å². The standard InChI is InChI=1S/C28H34F3N5O4S/c1-41-20-7-4-18(5-8-20)15-32-23-10-13-40-17-24(23)34-25(37)16-33-26(38)21-14-19(28(29,30)31)6-9-22(21)35-27(39)36-11-2-3-12-36/h4-9,14,23-24,32H,2-3,10-13,15-17H2,1H3,(H,33,38)(H,34,37)(H,35,39). The van der Waals surface area contributed by atoms with Gasteiger partial charge in [-0.05, 0) is 61.4 Å². The van der Waals surface area contributed by atoms with E-state index in [1.54, 1.807) is 11.8 Å². The van der Waals surface area contributed by atoms with Gasteiger partial charge in [0, 0.05) is 37.2 Å². The Labute approximate surface area is 240 Å². The van der Waals surface area contributed by atoms with Gasteiger partial charge in [-0.2, -0.15) is 13.2 Å². The summed E-state index contributed by atoms with van der Waals surface area (Å²) >= 11 is 1.66. The van der Waals surface area contributed by atoms with E-state index in [2.05, 4.69) is 21.3 Å². The highest BCUT2D eigenvalue weighted by Gasteiger charge is 2.33. The van der Waals surface area contributed by atoms with Gasteiger partial charge in [0.2, 0.25) is 5.91 Å². The lowest BCUT2D eigenvalue weighted by Gasteiger charge is -2.33. The van der Waals surface area contributed by atoms with E-state index in [9.17, 15) is 27.6 Å². The van der Waals surface area contributed by atoms with Crippen molar-refractivity contribution in [1.29, 1.82) is 0 Å². The maximum absolute atomic E-state index is 13.4. The number of ether oxygens (including phenoxy) is 1. The minimum Gasteiger partial charge on any atom is -0.379 e. The first-order valence-electron chi connectivity index (χ1n) is 13.4. The number of nitrogens with zero attached hydrogens (tertiary/aromatic N) is 1. The fourth-order valence-electron chi connectivity index (χ4n) is 4.76. The van der Waals surface area contributed by atoms with Gasteiger partial charge in [-0.1, -0.05) is 12.1 Å². The molecule has 2 fully saturated rings. The summed E-state index contributed by atoms with van der Waals surface area (Å²) in [5.41, 5.74) is -0.389. The summed E-state index contributed by atoms with van der Waals surface area (Å²) in [6.07, 6.45) is -0.349. The van der Waals surface area contributed by atoms with Gasteiger partial charge in [0.15, 0.2) is 0 Å². The van der Waals surface area contributed by atoms with E-state index in [4.69, 9.17) is 4.74 Å². The second-order valence-electron chi connectivity index (χ2n) is 9.94. The summed E-state index contributed by atoms with van der Waals surface area (Å²) in [5.74, 6) is -1.43. The third-order valence-electron chi connectivity index (χ3n) is 7.07. The molecule has 4 amide bonds. The molecule has 41 heavy (non-hydrogen) atoms. The lowest BCUT2D eigenvalue weighted by atomic mass is 10.0. The molecule has 0 saturated carbocycles. The van der Waals surface area contributed by atoms with Crippen molar-refractivity contribution in [2.45, 2.75) is 49.0 Å². The lowest BCUT2D eigenvalue weighted by Crippen LogP contribution is -2.56. The van der Waals surface area contributed by atoms with Crippen LogP contribution in [0, 0.1) is 0 Å². The molecule has 0 spiro atoms. The van der Waals surface area contributed by atoms with Crippen LogP contribution in [-0.4, -0.2) is 73.9 Å². The average molecular weight is 594 g/mol. The number of likely N-dealkylation sites (tertiary alicyclic amines) is 1. The Morgan fingerprint density at radius 2 is 1.78 bits per heavy atom. The van der Waals surface area contributed by atoms with Crippen LogP contribution in [0.1, 0.15) is 40.7 Å². The average Bonchev–Trinajstić information content (AvgIpc) is 3.51. The first-order chi connectivity index (χ1) is 19.6. The molecule has 2 heterocycles. The van der Waals surface area contributed by atoms with Crippen LogP contribution in [0.25, 0.3) is 0 Å². The van der Waals surface area contributed by atoms with Crippen molar-refractivity contribution in [2.24, 2.45) is 0 Å². The maximum atomic E-state index is 13.4. The Hall–Kier alpha value is -3.29. The molecule has 2 aliphatic rings. The third kappa shape index (κ3) is 8.60. The first kappa shape index (κ1) is 30.7. The smallest absolute Gasteiger partial charge is 0.379 e. The zero-order valence-corrected chi connectivity index (χ0v) is 23.5. The maximum Gasteiger partial charge on any atom is 0.416 e. The summed E-state index contributed by atoms with van der Waals surface area (Å²) in [4.78, 5) is 40.9. The zero-order valence-electron chi connectivity index (χ0n) is 22.7. The van der Waals surface area contributed by atoms with Gasteiger partial charge in [-0.25, -0.2) is 4.79 Å². The number of nitrogens with one attached hydrogen (secondary N) is 4. The van der Waals surface area contributed by atoms with Gasteiger partial charge >= 0.3 is 12.2 Å². The molecule has 2 aliphatic heterocycles. The molecule has 13 heteroatoms. The summed E-state index contributed by atoms with van der Waals surface area (Å²) in [6.45, 7) is 2.01. The third-order valence-corrected chi connectivity index (χ3v) is 7.81. The van der Waals surface area contributed by atoms with Gasteiger partial charge in [0.05, 0.1) is 36.0 Å². The summed E-state index contributed by atoms with van der Waals surface area (Å²) in [6, 6.07) is 9.77. The Kier molecular flexibility index (Phi) is 10.5. The fourth-order valence-corrected chi connectivity index (χ4v) is 5.17. The zero-order chi connectivity index (χ0) is 29.4. The molecule has 4 N–H and O–H groups in total. The number of anilines is 1. The highest BCUT2D eigenvalue weighted by Crippen LogP contribution is 2.32. The first-order valence-corrected chi connectivity index (χ1v) is 14.7. The summed E-state index contributed by atoms with van der Waals surface area (Å²) in [5, 5.41) is 11.2. The number of amides is 4. The predicted molar refractivity (Wildman–Crippen MR) is 150 cm³/mol. The van der Waals surface area contributed by atoms with Crippen LogP contribution >= 0.6 is 11.8 Å². The SMILES string of the molecule is CSc1ccc(CNC2CCOCC2NC(=O)CNC(=O)c2cc(C(F)(F)F)ccc2NC(=O)N2CCCC2)cc1. The number of alkyl halides is 3. The minimum absolute atomic E-state index is 0.0664. The molecular formula is C28H34F3N5O4S. The molecule has 0 aliphatic carbocycles. The number of benzene rings is 2. The van der Waals surface area contributed by atoms with E-state index in [1.165, 1.54) is 9.80 Å². The predicted octanol–water partition coefficient (Wildman–Crippen LogP) is 3.85. The van der Waals surface area contributed by atoms with Crippen LogP contribution in [-0.2, 0) is 22.3 Å². The molecule has 2 saturated heterocycles. The molecule has 4 rings (SSSR count). The highest BCUT2D eigenvalue weighted by molar-refractivity contribution is 7.98. The number of halogens is 3. The molecule has 222 valence electrons. The molecule has 0 aromatic heterocycles. The highest BCUT2D eigenvalue weighted by atomic mass is 32.2. The number of hydrogen-bond donors (Lipinski definition) is 4. The largest absolute Gasteiger partial charge is 0.416 e. The fraction of sp³-hybridized carbons (Fsp3) is 0.464. The molecule has 2 aromatic rings. The lowest BCUT2D eigenvalue weighted by molar-refractivity contribution is -0.137. The molecular weight excluding hydrogens is 559 g/mol.